The number of aliphatic hydroxyl groups excluding tert-OH is 1. The van der Waals surface area contributed by atoms with E-state index in [0.717, 1.165) is 0 Å². The molecular weight excluding hydrogens is 346 g/mol. The molecule has 0 fully saturated rings. The first kappa shape index (κ1) is 17.7. The number of hydrogen-bond acceptors (Lipinski definition) is 4. The van der Waals surface area contributed by atoms with Crippen molar-refractivity contribution in [2.45, 2.75) is 39.2 Å². The van der Waals surface area contributed by atoms with Crippen LogP contribution in [0.4, 0.5) is 0 Å². The molecule has 1 aromatic heterocycles. The van der Waals surface area contributed by atoms with Gasteiger partial charge < -0.3 is 9.52 Å². The molecule has 1 aromatic rings. The molecule has 5 nitrogen and oxygen atoms in total. The average Bonchev–Trinajstić information content (AvgIpc) is 2.70. The summed E-state index contributed by atoms with van der Waals surface area (Å²) in [6, 6.07) is 1.33. The van der Waals surface area contributed by atoms with E-state index in [0.29, 0.717) is 18.4 Å². The lowest BCUT2D eigenvalue weighted by atomic mass is 9.86. The van der Waals surface area contributed by atoms with Gasteiger partial charge in [0.2, 0.25) is 10.0 Å². The minimum atomic E-state index is -3.64. The monoisotopic (exact) mass is 367 g/mol. The fraction of sp³-hybridized carbons (Fsp3) is 0.692. The van der Waals surface area contributed by atoms with Gasteiger partial charge in [-0.05, 0) is 33.7 Å². The lowest BCUT2D eigenvalue weighted by Crippen LogP contribution is -2.33. The first-order chi connectivity index (χ1) is 9.19. The van der Waals surface area contributed by atoms with Crippen LogP contribution in [0.3, 0.4) is 0 Å². The van der Waals surface area contributed by atoms with Crippen molar-refractivity contribution in [3.8, 4) is 0 Å². The number of rotatable bonds is 7. The topological polar surface area (TPSA) is 79.5 Å². The summed E-state index contributed by atoms with van der Waals surface area (Å²) in [4.78, 5) is 0.0211. The normalized spacial score (nSPS) is 12.8. The highest BCUT2D eigenvalue weighted by molar-refractivity contribution is 9.10. The molecule has 0 aliphatic rings. The fourth-order valence-electron chi connectivity index (χ4n) is 2.18. The van der Waals surface area contributed by atoms with E-state index >= 15 is 0 Å². The fourth-order valence-corrected chi connectivity index (χ4v) is 4.25. The van der Waals surface area contributed by atoms with Gasteiger partial charge in [-0.3, -0.25) is 0 Å². The molecule has 0 aromatic carbocycles. The van der Waals surface area contributed by atoms with E-state index in [4.69, 9.17) is 9.52 Å². The van der Waals surface area contributed by atoms with Gasteiger partial charge in [0.15, 0.2) is 4.67 Å². The Kier molecular flexibility index (Phi) is 6.25. The van der Waals surface area contributed by atoms with Crippen LogP contribution < -0.4 is 4.72 Å². The van der Waals surface area contributed by atoms with Crippen LogP contribution in [-0.4, -0.2) is 20.1 Å². The molecule has 20 heavy (non-hydrogen) atoms. The summed E-state index contributed by atoms with van der Waals surface area (Å²) in [7, 11) is -3.64. The van der Waals surface area contributed by atoms with Gasteiger partial charge in [0.25, 0.3) is 0 Å². The quantitative estimate of drug-likeness (QED) is 0.776. The zero-order valence-corrected chi connectivity index (χ0v) is 14.6. The van der Waals surface area contributed by atoms with Crippen molar-refractivity contribution in [3.63, 3.8) is 0 Å². The predicted molar refractivity (Wildman–Crippen MR) is 80.7 cm³/mol. The molecule has 2 N–H and O–H groups in total. The van der Waals surface area contributed by atoms with Gasteiger partial charge in [-0.25, -0.2) is 13.1 Å². The van der Waals surface area contributed by atoms with Crippen molar-refractivity contribution >= 4 is 26.0 Å². The van der Waals surface area contributed by atoms with Crippen LogP contribution in [0.5, 0.6) is 0 Å². The SMILES string of the molecule is CC(C)C(CNS(=O)(=O)c1cc(CO)oc1Br)C(C)C. The zero-order chi connectivity index (χ0) is 15.5. The molecule has 0 aliphatic heterocycles. The van der Waals surface area contributed by atoms with E-state index in [1.807, 2.05) is 0 Å². The molecule has 0 saturated heterocycles. The van der Waals surface area contributed by atoms with Gasteiger partial charge in [-0.15, -0.1) is 0 Å². The smallest absolute Gasteiger partial charge is 0.244 e. The van der Waals surface area contributed by atoms with Crippen LogP contribution in [0.15, 0.2) is 20.0 Å². The Hall–Kier alpha value is -0.370. The minimum Gasteiger partial charge on any atom is -0.450 e. The Morgan fingerprint density at radius 1 is 1.30 bits per heavy atom. The minimum absolute atomic E-state index is 0.0211. The third-order valence-corrected chi connectivity index (χ3v) is 5.65. The highest BCUT2D eigenvalue weighted by Crippen LogP contribution is 2.27. The largest absolute Gasteiger partial charge is 0.450 e. The van der Waals surface area contributed by atoms with Crippen LogP contribution in [-0.2, 0) is 16.6 Å². The molecule has 0 unspecified atom stereocenters. The number of hydrogen-bond donors (Lipinski definition) is 2. The second-order valence-electron chi connectivity index (χ2n) is 5.51. The predicted octanol–water partition coefficient (Wildman–Crippen LogP) is 2.74. The van der Waals surface area contributed by atoms with Gasteiger partial charge in [-0.2, -0.15) is 0 Å². The maximum Gasteiger partial charge on any atom is 0.244 e. The Morgan fingerprint density at radius 2 is 1.85 bits per heavy atom. The maximum absolute atomic E-state index is 12.2. The van der Waals surface area contributed by atoms with Crippen LogP contribution in [0.2, 0.25) is 0 Å². The van der Waals surface area contributed by atoms with E-state index in [-0.39, 0.29) is 27.9 Å². The molecule has 0 bridgehead atoms. The summed E-state index contributed by atoms with van der Waals surface area (Å²) in [6.07, 6.45) is 0. The summed E-state index contributed by atoms with van der Waals surface area (Å²) in [6.45, 7) is 8.36. The van der Waals surface area contributed by atoms with Gasteiger partial charge in [0, 0.05) is 12.6 Å². The molecule has 0 amide bonds. The van der Waals surface area contributed by atoms with Crippen molar-refractivity contribution in [3.05, 3.63) is 16.5 Å². The summed E-state index contributed by atoms with van der Waals surface area (Å²) in [5.41, 5.74) is 0. The van der Waals surface area contributed by atoms with Crippen molar-refractivity contribution in [2.75, 3.05) is 6.54 Å². The molecule has 1 rings (SSSR count). The highest BCUT2D eigenvalue weighted by Gasteiger charge is 2.25. The molecule has 0 saturated carbocycles. The highest BCUT2D eigenvalue weighted by atomic mass is 79.9. The second kappa shape index (κ2) is 7.06. The van der Waals surface area contributed by atoms with E-state index in [2.05, 4.69) is 48.3 Å². The second-order valence-corrected chi connectivity index (χ2v) is 7.97. The summed E-state index contributed by atoms with van der Waals surface area (Å²) in [5.74, 6) is 1.24. The number of nitrogens with one attached hydrogen (secondary N) is 1. The van der Waals surface area contributed by atoms with E-state index in [1.165, 1.54) is 6.07 Å². The molecule has 0 radical (unpaired) electrons. The first-order valence-electron chi connectivity index (χ1n) is 6.57. The van der Waals surface area contributed by atoms with E-state index in [1.54, 1.807) is 0 Å². The molecular formula is C13H22BrNO4S. The van der Waals surface area contributed by atoms with Gasteiger partial charge in [0.1, 0.15) is 17.3 Å². The summed E-state index contributed by atoms with van der Waals surface area (Å²) < 4.78 is 32.3. The first-order valence-corrected chi connectivity index (χ1v) is 8.85. The molecule has 116 valence electrons. The van der Waals surface area contributed by atoms with Gasteiger partial charge in [0.05, 0.1) is 0 Å². The number of sulfonamides is 1. The van der Waals surface area contributed by atoms with Crippen molar-refractivity contribution in [1.82, 2.24) is 4.72 Å². The molecule has 0 aliphatic carbocycles. The standard InChI is InChI=1S/C13H22BrNO4S/c1-8(2)11(9(3)4)6-15-20(17,18)12-5-10(7-16)19-13(12)14/h5,8-9,11,15-16H,6-7H2,1-4H3. The number of furan rings is 1. The zero-order valence-electron chi connectivity index (χ0n) is 12.2. The maximum atomic E-state index is 12.2. The van der Waals surface area contributed by atoms with Crippen LogP contribution in [0.1, 0.15) is 33.5 Å². The summed E-state index contributed by atoms with van der Waals surface area (Å²) in [5, 5.41) is 8.97. The lowest BCUT2D eigenvalue weighted by molar-refractivity contribution is 0.245. The molecule has 0 atom stereocenters. The van der Waals surface area contributed by atoms with Crippen LogP contribution in [0, 0.1) is 17.8 Å². The molecule has 1 heterocycles. The number of halogens is 1. The van der Waals surface area contributed by atoms with Gasteiger partial charge >= 0.3 is 0 Å². The van der Waals surface area contributed by atoms with Crippen molar-refractivity contribution in [2.24, 2.45) is 17.8 Å². The van der Waals surface area contributed by atoms with E-state index in [9.17, 15) is 8.42 Å². The third-order valence-electron chi connectivity index (χ3n) is 3.37. The van der Waals surface area contributed by atoms with E-state index < -0.39 is 10.0 Å². The Labute approximate surface area is 128 Å². The Morgan fingerprint density at radius 3 is 2.25 bits per heavy atom. The van der Waals surface area contributed by atoms with Crippen LogP contribution in [0.25, 0.3) is 0 Å². The lowest BCUT2D eigenvalue weighted by Gasteiger charge is -2.24. The third kappa shape index (κ3) is 4.31. The molecule has 7 heteroatoms. The van der Waals surface area contributed by atoms with Gasteiger partial charge in [-0.1, -0.05) is 27.7 Å². The summed E-state index contributed by atoms with van der Waals surface area (Å²) >= 11 is 3.06. The number of aliphatic hydroxyl groups is 1. The van der Waals surface area contributed by atoms with Crippen LogP contribution >= 0.6 is 15.9 Å². The Balaban J connectivity index is 2.87. The molecule has 0 spiro atoms. The average molecular weight is 368 g/mol. The Bertz CT molecular complexity index is 529. The van der Waals surface area contributed by atoms with Crippen molar-refractivity contribution < 1.29 is 17.9 Å². The van der Waals surface area contributed by atoms with Crippen molar-refractivity contribution in [1.29, 1.82) is 0 Å².